The van der Waals surface area contributed by atoms with Crippen LogP contribution in [0.15, 0.2) is 59.4 Å². The third-order valence-electron chi connectivity index (χ3n) is 4.87. The van der Waals surface area contributed by atoms with Gasteiger partial charge in [0.1, 0.15) is 5.82 Å². The van der Waals surface area contributed by atoms with E-state index in [1.807, 2.05) is 49.4 Å². The number of hydrogen-bond donors (Lipinski definition) is 2. The molecule has 33 heavy (non-hydrogen) atoms. The molecular weight excluding hydrogens is 492 g/mol. The number of halogens is 1. The fourth-order valence-electron chi connectivity index (χ4n) is 3.14. The summed E-state index contributed by atoms with van der Waals surface area (Å²) < 4.78 is 14.2. The van der Waals surface area contributed by atoms with Crippen molar-refractivity contribution in [3.05, 3.63) is 86.8 Å². The number of nitrogens with two attached hydrogens (primary N) is 1. The topological polar surface area (TPSA) is 84.7 Å². The van der Waals surface area contributed by atoms with E-state index >= 15 is 0 Å². The van der Waals surface area contributed by atoms with E-state index in [0.29, 0.717) is 11.0 Å². The van der Waals surface area contributed by atoms with E-state index in [1.54, 1.807) is 0 Å². The van der Waals surface area contributed by atoms with Crippen molar-refractivity contribution in [1.29, 1.82) is 0 Å². The van der Waals surface area contributed by atoms with Crippen LogP contribution >= 0.6 is 46.2 Å². The number of aromatic amines is 1. The number of benzene rings is 3. The van der Waals surface area contributed by atoms with Crippen LogP contribution in [0, 0.1) is 20.8 Å². The molecule has 6 rings (SSSR count). The van der Waals surface area contributed by atoms with Crippen LogP contribution in [0.3, 0.4) is 0 Å². The van der Waals surface area contributed by atoms with Gasteiger partial charge in [0.2, 0.25) is 0 Å². The quantitative estimate of drug-likeness (QED) is 0.223. The molecule has 0 amide bonds. The van der Waals surface area contributed by atoms with Gasteiger partial charge in [0.25, 0.3) is 5.56 Å². The standard InChI is InChI=1S/C8H6ClNS.C8H8N2S.C8H7NOS/c2*1-5-2-3-6-7(4-5)11-10-8(6)9;1-5-2-3-6-7(4-5)11-9-8(6)10/h2-4H,1H3;2-4H,1H3,(H2,9,10);2-4H,1H3,(H,9,10). The lowest BCUT2D eigenvalue weighted by Crippen LogP contribution is -1.95. The van der Waals surface area contributed by atoms with Gasteiger partial charge in [-0.25, -0.2) is 0 Å². The van der Waals surface area contributed by atoms with Crippen LogP contribution in [0.1, 0.15) is 16.7 Å². The number of nitrogens with zero attached hydrogens (tertiary/aromatic N) is 2. The van der Waals surface area contributed by atoms with E-state index in [-0.39, 0.29) is 5.56 Å². The molecule has 0 atom stereocenters. The second-order valence-corrected chi connectivity index (χ2v) is 10.4. The van der Waals surface area contributed by atoms with E-state index < -0.39 is 0 Å². The Morgan fingerprint density at radius 1 is 0.758 bits per heavy atom. The number of fused-ring (bicyclic) bond motifs is 3. The maximum absolute atomic E-state index is 11.0. The van der Waals surface area contributed by atoms with Crippen LogP contribution in [0.2, 0.25) is 5.15 Å². The van der Waals surface area contributed by atoms with Gasteiger partial charge >= 0.3 is 0 Å². The van der Waals surface area contributed by atoms with Crippen molar-refractivity contribution in [3.63, 3.8) is 0 Å². The Hall–Kier alpha value is -2.78. The maximum atomic E-state index is 11.0. The van der Waals surface area contributed by atoms with E-state index in [2.05, 4.69) is 39.1 Å². The first-order valence-electron chi connectivity index (χ1n) is 10.0. The molecule has 3 heterocycles. The summed E-state index contributed by atoms with van der Waals surface area (Å²) in [4.78, 5) is 11.0. The Bertz CT molecular complexity index is 1540. The second-order valence-electron chi connectivity index (χ2n) is 7.57. The first kappa shape index (κ1) is 23.4. The van der Waals surface area contributed by atoms with Gasteiger partial charge in [-0.2, -0.15) is 8.75 Å². The zero-order valence-electron chi connectivity index (χ0n) is 18.2. The van der Waals surface area contributed by atoms with Crippen LogP contribution in [0.25, 0.3) is 30.3 Å². The van der Waals surface area contributed by atoms with E-state index in [1.165, 1.54) is 56.0 Å². The third-order valence-corrected chi connectivity index (χ3v) is 7.74. The summed E-state index contributed by atoms with van der Waals surface area (Å²) in [5.41, 5.74) is 9.33. The van der Waals surface area contributed by atoms with Crippen LogP contribution in [0.4, 0.5) is 5.82 Å². The summed E-state index contributed by atoms with van der Waals surface area (Å²) in [6.45, 7) is 6.14. The minimum Gasteiger partial charge on any atom is -0.382 e. The second kappa shape index (κ2) is 10.0. The highest BCUT2D eigenvalue weighted by molar-refractivity contribution is 7.14. The highest BCUT2D eigenvalue weighted by Gasteiger charge is 2.02. The molecule has 0 unspecified atom stereocenters. The predicted molar refractivity (Wildman–Crippen MR) is 145 cm³/mol. The van der Waals surface area contributed by atoms with Gasteiger partial charge < -0.3 is 5.73 Å². The average Bonchev–Trinajstić information content (AvgIpc) is 3.46. The lowest BCUT2D eigenvalue weighted by molar-refractivity contribution is 1.45. The van der Waals surface area contributed by atoms with Gasteiger partial charge in [-0.05, 0) is 90.9 Å². The molecule has 3 aromatic carbocycles. The summed E-state index contributed by atoms with van der Waals surface area (Å²) in [5.74, 6) is 0.644. The summed E-state index contributed by atoms with van der Waals surface area (Å²) >= 11 is 10.1. The molecule has 0 aliphatic carbocycles. The van der Waals surface area contributed by atoms with Crippen molar-refractivity contribution < 1.29 is 0 Å². The first-order chi connectivity index (χ1) is 15.8. The SMILES string of the molecule is Cc1ccc2c(=O)[nH]sc2c1.Cc1ccc2c(Cl)nsc2c1.Cc1ccc2c(N)nsc2c1. The molecule has 0 radical (unpaired) electrons. The number of hydrogen-bond acceptors (Lipinski definition) is 7. The summed E-state index contributed by atoms with van der Waals surface area (Å²) in [7, 11) is 0. The summed E-state index contributed by atoms with van der Waals surface area (Å²) in [5, 5.41) is 3.54. The Morgan fingerprint density at radius 2 is 1.27 bits per heavy atom. The zero-order valence-corrected chi connectivity index (χ0v) is 21.4. The molecule has 168 valence electrons. The van der Waals surface area contributed by atoms with Crippen LogP contribution in [-0.4, -0.2) is 13.1 Å². The molecular formula is C24H21ClN4OS3. The maximum Gasteiger partial charge on any atom is 0.265 e. The van der Waals surface area contributed by atoms with E-state index in [4.69, 9.17) is 17.3 Å². The Morgan fingerprint density at radius 3 is 1.94 bits per heavy atom. The van der Waals surface area contributed by atoms with Gasteiger partial charge in [-0.3, -0.25) is 9.17 Å². The van der Waals surface area contributed by atoms with Crippen molar-refractivity contribution in [2.45, 2.75) is 20.8 Å². The Kier molecular flexibility index (Phi) is 7.09. The van der Waals surface area contributed by atoms with Crippen LogP contribution in [-0.2, 0) is 0 Å². The van der Waals surface area contributed by atoms with Gasteiger partial charge in [0, 0.05) is 10.8 Å². The van der Waals surface area contributed by atoms with Crippen LogP contribution < -0.4 is 11.3 Å². The van der Waals surface area contributed by atoms with Crippen molar-refractivity contribution in [2.75, 3.05) is 5.73 Å². The average molecular weight is 513 g/mol. The van der Waals surface area contributed by atoms with Crippen molar-refractivity contribution >= 4 is 82.3 Å². The molecule has 0 bridgehead atoms. The number of rotatable bonds is 0. The summed E-state index contributed by atoms with van der Waals surface area (Å²) in [6.07, 6.45) is 0. The van der Waals surface area contributed by atoms with E-state index in [9.17, 15) is 4.79 Å². The highest BCUT2D eigenvalue weighted by atomic mass is 35.5. The summed E-state index contributed by atoms with van der Waals surface area (Å²) in [6, 6.07) is 18.1. The monoisotopic (exact) mass is 512 g/mol. The normalized spacial score (nSPS) is 10.7. The van der Waals surface area contributed by atoms with Gasteiger partial charge in [-0.1, -0.05) is 47.4 Å². The molecule has 0 aliphatic heterocycles. The van der Waals surface area contributed by atoms with Gasteiger partial charge in [0.15, 0.2) is 5.15 Å². The molecule has 6 aromatic rings. The number of nitrogens with one attached hydrogen (secondary N) is 1. The fraction of sp³-hybridized carbons (Fsp3) is 0.125. The minimum atomic E-state index is 0.0185. The Labute approximate surface area is 208 Å². The minimum absolute atomic E-state index is 0.0185. The zero-order chi connectivity index (χ0) is 23.5. The fourth-order valence-corrected chi connectivity index (χ4v) is 5.87. The lowest BCUT2D eigenvalue weighted by atomic mass is 10.2. The molecule has 3 N–H and O–H groups in total. The smallest absolute Gasteiger partial charge is 0.265 e. The number of aromatic nitrogens is 3. The molecule has 0 fully saturated rings. The van der Waals surface area contributed by atoms with Gasteiger partial charge in [0.05, 0.1) is 19.5 Å². The largest absolute Gasteiger partial charge is 0.382 e. The van der Waals surface area contributed by atoms with Crippen molar-refractivity contribution in [1.82, 2.24) is 13.1 Å². The highest BCUT2D eigenvalue weighted by Crippen LogP contribution is 2.27. The molecule has 3 aromatic heterocycles. The molecule has 0 saturated carbocycles. The molecule has 0 saturated heterocycles. The lowest BCUT2D eigenvalue weighted by Gasteiger charge is -1.90. The van der Waals surface area contributed by atoms with Crippen molar-refractivity contribution in [3.8, 4) is 0 Å². The number of aryl methyl sites for hydroxylation is 3. The molecule has 0 spiro atoms. The van der Waals surface area contributed by atoms with Crippen LogP contribution in [0.5, 0.6) is 0 Å². The number of H-pyrrole nitrogens is 1. The molecule has 0 aliphatic rings. The van der Waals surface area contributed by atoms with Gasteiger partial charge in [-0.15, -0.1) is 0 Å². The number of anilines is 1. The molecule has 5 nitrogen and oxygen atoms in total. The van der Waals surface area contributed by atoms with Crippen molar-refractivity contribution in [2.24, 2.45) is 0 Å². The number of nitrogen functional groups attached to an aromatic ring is 1. The Balaban J connectivity index is 0.000000118. The predicted octanol–water partition coefficient (Wildman–Crippen LogP) is 7.34. The first-order valence-corrected chi connectivity index (χ1v) is 12.8. The third kappa shape index (κ3) is 5.42. The molecule has 9 heteroatoms. The van der Waals surface area contributed by atoms with E-state index in [0.717, 1.165) is 25.6 Å².